The quantitative estimate of drug-likeness (QED) is 0.666. The molecule has 0 atom stereocenters. The van der Waals surface area contributed by atoms with Crippen LogP contribution in [-0.2, 0) is 10.0 Å². The fourth-order valence-electron chi connectivity index (χ4n) is 3.90. The first kappa shape index (κ1) is 20.0. The molecule has 2 aromatic heterocycles. The molecule has 0 bridgehead atoms. The van der Waals surface area contributed by atoms with Gasteiger partial charge in [0.2, 0.25) is 10.0 Å². The molecule has 154 valence electrons. The summed E-state index contributed by atoms with van der Waals surface area (Å²) >= 11 is 0. The molecule has 0 radical (unpaired) electrons. The van der Waals surface area contributed by atoms with Crippen LogP contribution < -0.4 is 4.72 Å². The van der Waals surface area contributed by atoms with E-state index in [4.69, 9.17) is 0 Å². The van der Waals surface area contributed by atoms with Gasteiger partial charge < -0.3 is 4.98 Å². The van der Waals surface area contributed by atoms with E-state index in [0.29, 0.717) is 5.92 Å². The van der Waals surface area contributed by atoms with Crippen molar-refractivity contribution in [1.82, 2.24) is 19.7 Å². The second-order valence-corrected chi connectivity index (χ2v) is 11.4. The largest absolute Gasteiger partial charge is 0.358 e. The third-order valence-electron chi connectivity index (χ3n) is 5.80. The molecule has 3 aromatic rings. The summed E-state index contributed by atoms with van der Waals surface area (Å²) in [5.41, 5.74) is 4.26. The summed E-state index contributed by atoms with van der Waals surface area (Å²) in [5.74, 6) is 0.428. The maximum atomic E-state index is 12.4. The summed E-state index contributed by atoms with van der Waals surface area (Å²) in [7, 11) is -3.30. The number of hydrogen-bond donors (Lipinski definition) is 2. The van der Waals surface area contributed by atoms with Crippen LogP contribution >= 0.6 is 0 Å². The van der Waals surface area contributed by atoms with Crippen molar-refractivity contribution in [2.24, 2.45) is 0 Å². The van der Waals surface area contributed by atoms with E-state index in [0.717, 1.165) is 42.5 Å². The molecule has 1 fully saturated rings. The monoisotopic (exact) mass is 412 g/mol. The third kappa shape index (κ3) is 4.21. The van der Waals surface area contributed by atoms with Gasteiger partial charge in [0.15, 0.2) is 0 Å². The highest BCUT2D eigenvalue weighted by atomic mass is 32.2. The van der Waals surface area contributed by atoms with Crippen LogP contribution in [0.4, 0.5) is 0 Å². The average molecular weight is 413 g/mol. The van der Waals surface area contributed by atoms with Gasteiger partial charge in [-0.3, -0.25) is 9.97 Å². The Morgan fingerprint density at radius 3 is 2.48 bits per heavy atom. The number of H-pyrrole nitrogens is 1. The molecule has 1 aliphatic rings. The minimum Gasteiger partial charge on any atom is -0.358 e. The molecule has 0 aliphatic heterocycles. The Balaban J connectivity index is 1.46. The molecule has 1 aromatic carbocycles. The molecule has 6 nitrogen and oxygen atoms in total. The molecule has 1 saturated carbocycles. The van der Waals surface area contributed by atoms with Gasteiger partial charge in [0.1, 0.15) is 0 Å². The van der Waals surface area contributed by atoms with Crippen molar-refractivity contribution in [1.29, 1.82) is 0 Å². The Labute approximate surface area is 172 Å². The molecular formula is C22H28N4O2S. The average Bonchev–Trinajstić information content (AvgIpc) is 3.11. The second kappa shape index (κ2) is 7.54. The highest BCUT2D eigenvalue weighted by molar-refractivity contribution is 7.90. The normalized spacial score (nSPS) is 20.8. The first-order valence-corrected chi connectivity index (χ1v) is 11.6. The van der Waals surface area contributed by atoms with E-state index < -0.39 is 14.8 Å². The predicted octanol–water partition coefficient (Wildman–Crippen LogP) is 4.37. The predicted molar refractivity (Wildman–Crippen MR) is 116 cm³/mol. The Kier molecular flexibility index (Phi) is 5.21. The Morgan fingerprint density at radius 1 is 1.07 bits per heavy atom. The molecule has 1 aliphatic carbocycles. The first-order chi connectivity index (χ1) is 13.7. The zero-order valence-electron chi connectivity index (χ0n) is 17.1. The zero-order valence-corrected chi connectivity index (χ0v) is 18.0. The molecule has 29 heavy (non-hydrogen) atoms. The van der Waals surface area contributed by atoms with Gasteiger partial charge >= 0.3 is 0 Å². The van der Waals surface area contributed by atoms with Gasteiger partial charge in [-0.2, -0.15) is 0 Å². The second-order valence-electron chi connectivity index (χ2n) is 8.90. The Hall–Kier alpha value is -2.25. The van der Waals surface area contributed by atoms with Gasteiger partial charge in [-0.05, 0) is 70.6 Å². The van der Waals surface area contributed by atoms with E-state index in [-0.39, 0.29) is 6.04 Å². The van der Waals surface area contributed by atoms with Crippen LogP contribution in [0, 0.1) is 0 Å². The maximum absolute atomic E-state index is 12.4. The van der Waals surface area contributed by atoms with Crippen LogP contribution in [-0.4, -0.2) is 34.2 Å². The van der Waals surface area contributed by atoms with E-state index in [1.165, 1.54) is 11.1 Å². The SMILES string of the molecule is CC(C)(C)S(=O)(=O)N[C@H]1CC[C@H](c2cc3cc(-c4cnccn4)ccc3[nH]2)CC1. The van der Waals surface area contributed by atoms with Crippen LogP contribution in [0.5, 0.6) is 0 Å². The van der Waals surface area contributed by atoms with Crippen molar-refractivity contribution < 1.29 is 8.42 Å². The van der Waals surface area contributed by atoms with Crippen molar-refractivity contribution in [2.45, 2.75) is 63.2 Å². The van der Waals surface area contributed by atoms with Crippen molar-refractivity contribution in [3.8, 4) is 11.3 Å². The fraction of sp³-hybridized carbons (Fsp3) is 0.455. The summed E-state index contributed by atoms with van der Waals surface area (Å²) < 4.78 is 27.0. The highest BCUT2D eigenvalue weighted by Gasteiger charge is 2.33. The number of nitrogens with one attached hydrogen (secondary N) is 2. The van der Waals surface area contributed by atoms with Crippen molar-refractivity contribution in [3.05, 3.63) is 48.5 Å². The van der Waals surface area contributed by atoms with E-state index in [2.05, 4.69) is 43.9 Å². The number of fused-ring (bicyclic) bond motifs is 1. The number of aromatic nitrogens is 3. The number of hydrogen-bond acceptors (Lipinski definition) is 4. The fourth-order valence-corrected chi connectivity index (χ4v) is 4.93. The molecule has 0 unspecified atom stereocenters. The van der Waals surface area contributed by atoms with Crippen molar-refractivity contribution in [2.75, 3.05) is 0 Å². The van der Waals surface area contributed by atoms with Crippen LogP contribution in [0.1, 0.15) is 58.1 Å². The number of sulfonamides is 1. The van der Waals surface area contributed by atoms with E-state index >= 15 is 0 Å². The molecule has 4 rings (SSSR count). The number of benzene rings is 1. The summed E-state index contributed by atoms with van der Waals surface area (Å²) in [6.07, 6.45) is 8.82. The summed E-state index contributed by atoms with van der Waals surface area (Å²) in [6.45, 7) is 5.21. The Morgan fingerprint density at radius 2 is 1.83 bits per heavy atom. The lowest BCUT2D eigenvalue weighted by atomic mass is 9.84. The summed E-state index contributed by atoms with van der Waals surface area (Å²) in [5, 5.41) is 1.17. The van der Waals surface area contributed by atoms with Crippen molar-refractivity contribution >= 4 is 20.9 Å². The topological polar surface area (TPSA) is 87.7 Å². The van der Waals surface area contributed by atoms with Gasteiger partial charge in [0.05, 0.1) is 16.6 Å². The lowest BCUT2D eigenvalue weighted by Crippen LogP contribution is -2.45. The maximum Gasteiger partial charge on any atom is 0.216 e. The standard InChI is InChI=1S/C22H28N4O2S/c1-22(2,3)29(27,28)26-18-7-4-15(5-8-18)20-13-17-12-16(6-9-19(17)25-20)21-14-23-10-11-24-21/h6,9-15,18,25-26H,4-5,7-8H2,1-3H3/t15-,18-. The minimum absolute atomic E-state index is 0.0307. The molecule has 0 amide bonds. The lowest BCUT2D eigenvalue weighted by Gasteiger charge is -2.31. The number of aromatic amines is 1. The molecule has 2 heterocycles. The summed E-state index contributed by atoms with van der Waals surface area (Å²) in [4.78, 5) is 12.1. The molecular weight excluding hydrogens is 384 g/mol. The zero-order chi connectivity index (χ0) is 20.6. The van der Waals surface area contributed by atoms with Gasteiger partial charge in [-0.15, -0.1) is 0 Å². The molecule has 0 saturated heterocycles. The van der Waals surface area contributed by atoms with E-state index in [9.17, 15) is 8.42 Å². The van der Waals surface area contributed by atoms with Crippen LogP contribution in [0.15, 0.2) is 42.9 Å². The lowest BCUT2D eigenvalue weighted by molar-refractivity contribution is 0.368. The van der Waals surface area contributed by atoms with Crippen LogP contribution in [0.2, 0.25) is 0 Å². The summed E-state index contributed by atoms with van der Waals surface area (Å²) in [6, 6.07) is 8.54. The number of nitrogens with zero attached hydrogens (tertiary/aromatic N) is 2. The van der Waals surface area contributed by atoms with Crippen LogP contribution in [0.3, 0.4) is 0 Å². The van der Waals surface area contributed by atoms with Gasteiger partial charge in [0, 0.05) is 40.6 Å². The minimum atomic E-state index is -3.30. The van der Waals surface area contributed by atoms with Gasteiger partial charge in [-0.1, -0.05) is 6.07 Å². The molecule has 2 N–H and O–H groups in total. The van der Waals surface area contributed by atoms with Gasteiger partial charge in [0.25, 0.3) is 0 Å². The highest BCUT2D eigenvalue weighted by Crippen LogP contribution is 2.35. The first-order valence-electron chi connectivity index (χ1n) is 10.1. The van der Waals surface area contributed by atoms with E-state index in [1.54, 1.807) is 39.4 Å². The molecule has 7 heteroatoms. The van der Waals surface area contributed by atoms with E-state index in [1.807, 2.05) is 0 Å². The van der Waals surface area contributed by atoms with Crippen LogP contribution in [0.25, 0.3) is 22.2 Å². The third-order valence-corrected chi connectivity index (χ3v) is 8.05. The Bertz CT molecular complexity index is 1090. The number of rotatable bonds is 4. The smallest absolute Gasteiger partial charge is 0.216 e. The van der Waals surface area contributed by atoms with Gasteiger partial charge in [-0.25, -0.2) is 13.1 Å². The molecule has 0 spiro atoms. The van der Waals surface area contributed by atoms with Crippen molar-refractivity contribution in [3.63, 3.8) is 0 Å².